The average molecular weight is 322 g/mol. The molecule has 1 aromatic heterocycles. The van der Waals surface area contributed by atoms with Crippen molar-refractivity contribution in [3.63, 3.8) is 0 Å². The number of Topliss-reactive ketones (excluding diaryl/α,β-unsaturated/α-hetero) is 1. The van der Waals surface area contributed by atoms with Gasteiger partial charge in [0, 0.05) is 17.7 Å². The maximum Gasteiger partial charge on any atom is 0.269 e. The number of nitro benzene ring substituents is 1. The Hall–Kier alpha value is -3.28. The van der Waals surface area contributed by atoms with Crippen molar-refractivity contribution in [1.29, 1.82) is 0 Å². The van der Waals surface area contributed by atoms with E-state index in [1.807, 2.05) is 53.6 Å². The minimum atomic E-state index is -0.479. The van der Waals surface area contributed by atoms with Crippen LogP contribution in [0.25, 0.3) is 0 Å². The summed E-state index contributed by atoms with van der Waals surface area (Å²) in [5.41, 5.74) is 1.62. The van der Waals surface area contributed by atoms with Crippen LogP contribution in [-0.4, -0.2) is 15.3 Å². The van der Waals surface area contributed by atoms with Gasteiger partial charge in [0.1, 0.15) is 18.9 Å². The zero-order valence-electron chi connectivity index (χ0n) is 12.9. The minimum Gasteiger partial charge on any atom is -0.290 e. The number of imidazole rings is 1. The minimum absolute atomic E-state index is 0.0202. The Labute approximate surface area is 138 Å². The summed E-state index contributed by atoms with van der Waals surface area (Å²) >= 11 is 0. The molecule has 0 N–H and O–H groups in total. The summed E-state index contributed by atoms with van der Waals surface area (Å²) < 4.78 is 3.80. The van der Waals surface area contributed by atoms with Crippen molar-refractivity contribution in [2.24, 2.45) is 0 Å². The summed E-state index contributed by atoms with van der Waals surface area (Å²) in [7, 11) is 0. The largest absolute Gasteiger partial charge is 0.290 e. The number of ketones is 1. The Morgan fingerprint density at radius 1 is 1.08 bits per heavy atom. The fourth-order valence-corrected chi connectivity index (χ4v) is 2.45. The van der Waals surface area contributed by atoms with E-state index >= 15 is 0 Å². The second kappa shape index (κ2) is 6.87. The second-order valence-corrected chi connectivity index (χ2v) is 5.47. The van der Waals surface area contributed by atoms with Crippen LogP contribution in [0.3, 0.4) is 0 Å². The zero-order valence-corrected chi connectivity index (χ0v) is 12.9. The molecule has 3 rings (SSSR count). The van der Waals surface area contributed by atoms with Gasteiger partial charge in [0.2, 0.25) is 12.1 Å². The van der Waals surface area contributed by atoms with E-state index in [0.717, 1.165) is 6.54 Å². The van der Waals surface area contributed by atoms with E-state index in [9.17, 15) is 14.9 Å². The number of carbonyl (C=O) groups excluding carboxylic acids is 1. The maximum absolute atomic E-state index is 12.3. The van der Waals surface area contributed by atoms with Gasteiger partial charge in [-0.3, -0.25) is 14.9 Å². The predicted octanol–water partition coefficient (Wildman–Crippen LogP) is 2.62. The number of rotatable bonds is 6. The summed E-state index contributed by atoms with van der Waals surface area (Å²) in [6.45, 7) is 0.930. The van der Waals surface area contributed by atoms with Gasteiger partial charge in [-0.2, -0.15) is 0 Å². The number of hydrogen-bond acceptors (Lipinski definition) is 3. The van der Waals surface area contributed by atoms with E-state index in [1.54, 1.807) is 4.57 Å². The molecule has 1 heterocycles. The van der Waals surface area contributed by atoms with Crippen LogP contribution >= 0.6 is 0 Å². The number of hydrogen-bond donors (Lipinski definition) is 0. The molecule has 0 bridgehead atoms. The number of nitro groups is 1. The SMILES string of the molecule is O=C(Cn1cc[n+](Cc2ccccc2)c1)c1ccc([N+](=O)[O-])cc1. The molecule has 0 saturated carbocycles. The van der Waals surface area contributed by atoms with E-state index in [-0.39, 0.29) is 18.0 Å². The molecule has 6 nitrogen and oxygen atoms in total. The normalized spacial score (nSPS) is 10.5. The number of nitrogens with zero attached hydrogens (tertiary/aromatic N) is 3. The van der Waals surface area contributed by atoms with Crippen molar-refractivity contribution in [3.8, 4) is 0 Å². The Kier molecular flexibility index (Phi) is 4.47. The molecule has 0 aliphatic carbocycles. The smallest absolute Gasteiger partial charge is 0.269 e. The molecule has 0 amide bonds. The maximum atomic E-state index is 12.3. The van der Waals surface area contributed by atoms with Crippen LogP contribution in [0.4, 0.5) is 5.69 Å². The summed E-state index contributed by atoms with van der Waals surface area (Å²) in [5.74, 6) is -0.0904. The highest BCUT2D eigenvalue weighted by atomic mass is 16.6. The molecule has 0 atom stereocenters. The molecule has 0 aliphatic heterocycles. The van der Waals surface area contributed by atoms with Crippen LogP contribution in [0, 0.1) is 10.1 Å². The first kappa shape index (κ1) is 15.6. The van der Waals surface area contributed by atoms with Gasteiger partial charge in [-0.1, -0.05) is 30.3 Å². The third-order valence-electron chi connectivity index (χ3n) is 3.68. The number of non-ortho nitro benzene ring substituents is 1. The topological polar surface area (TPSA) is 69.0 Å². The Morgan fingerprint density at radius 2 is 1.79 bits per heavy atom. The first-order valence-electron chi connectivity index (χ1n) is 7.48. The first-order valence-corrected chi connectivity index (χ1v) is 7.48. The van der Waals surface area contributed by atoms with Gasteiger partial charge >= 0.3 is 0 Å². The Balaban J connectivity index is 1.65. The lowest BCUT2D eigenvalue weighted by molar-refractivity contribution is -0.687. The molecule has 24 heavy (non-hydrogen) atoms. The Morgan fingerprint density at radius 3 is 2.46 bits per heavy atom. The monoisotopic (exact) mass is 322 g/mol. The van der Waals surface area contributed by atoms with Crippen LogP contribution in [0.15, 0.2) is 73.3 Å². The van der Waals surface area contributed by atoms with Crippen LogP contribution in [-0.2, 0) is 13.1 Å². The van der Waals surface area contributed by atoms with Crippen molar-refractivity contribution in [2.75, 3.05) is 0 Å². The summed E-state index contributed by atoms with van der Waals surface area (Å²) in [6, 6.07) is 15.7. The van der Waals surface area contributed by atoms with E-state index in [1.165, 1.54) is 29.8 Å². The lowest BCUT2D eigenvalue weighted by atomic mass is 10.1. The Bertz CT molecular complexity index is 855. The van der Waals surface area contributed by atoms with Crippen LogP contribution < -0.4 is 4.57 Å². The lowest BCUT2D eigenvalue weighted by Gasteiger charge is -1.99. The quantitative estimate of drug-likeness (QED) is 0.303. The van der Waals surface area contributed by atoms with E-state index in [4.69, 9.17) is 0 Å². The van der Waals surface area contributed by atoms with Gasteiger partial charge in [0.25, 0.3) is 5.69 Å². The highest BCUT2D eigenvalue weighted by Gasteiger charge is 2.13. The fraction of sp³-hybridized carbons (Fsp3) is 0.111. The van der Waals surface area contributed by atoms with Gasteiger partial charge in [-0.05, 0) is 17.7 Å². The van der Waals surface area contributed by atoms with Crippen LogP contribution in [0.1, 0.15) is 15.9 Å². The highest BCUT2D eigenvalue weighted by molar-refractivity contribution is 5.96. The summed E-state index contributed by atoms with van der Waals surface area (Å²) in [4.78, 5) is 22.4. The molecule has 6 heteroatoms. The lowest BCUT2D eigenvalue weighted by Crippen LogP contribution is -2.31. The molecule has 0 saturated heterocycles. The molecule has 0 unspecified atom stereocenters. The van der Waals surface area contributed by atoms with Crippen molar-refractivity contribution >= 4 is 11.5 Å². The number of carbonyl (C=O) groups is 1. The van der Waals surface area contributed by atoms with Gasteiger partial charge in [-0.15, -0.1) is 0 Å². The van der Waals surface area contributed by atoms with E-state index in [0.29, 0.717) is 5.56 Å². The molecule has 0 spiro atoms. The first-order chi connectivity index (χ1) is 11.6. The van der Waals surface area contributed by atoms with Gasteiger partial charge < -0.3 is 0 Å². The molecular formula is C18H16N3O3+. The van der Waals surface area contributed by atoms with Crippen molar-refractivity contribution in [1.82, 2.24) is 4.57 Å². The van der Waals surface area contributed by atoms with Crippen molar-refractivity contribution in [3.05, 3.63) is 94.6 Å². The third kappa shape index (κ3) is 3.73. The standard InChI is InChI=1S/C18H16N3O3/c22-18(16-6-8-17(9-7-16)21(23)24)13-20-11-10-19(14-20)12-15-4-2-1-3-5-15/h1-11,14H,12-13H2/q+1. The van der Waals surface area contributed by atoms with Crippen molar-refractivity contribution < 1.29 is 14.3 Å². The molecule has 120 valence electrons. The second-order valence-electron chi connectivity index (χ2n) is 5.47. The van der Waals surface area contributed by atoms with Crippen LogP contribution in [0.5, 0.6) is 0 Å². The molecule has 2 aromatic carbocycles. The van der Waals surface area contributed by atoms with Gasteiger partial charge in [-0.25, -0.2) is 9.13 Å². The van der Waals surface area contributed by atoms with E-state index < -0.39 is 4.92 Å². The predicted molar refractivity (Wildman–Crippen MR) is 87.6 cm³/mol. The number of aromatic nitrogens is 2. The third-order valence-corrected chi connectivity index (χ3v) is 3.68. The summed E-state index contributed by atoms with van der Waals surface area (Å²) in [6.07, 6.45) is 5.62. The highest BCUT2D eigenvalue weighted by Crippen LogP contribution is 2.12. The molecule has 0 radical (unpaired) electrons. The molecule has 3 aromatic rings. The van der Waals surface area contributed by atoms with Crippen LogP contribution in [0.2, 0.25) is 0 Å². The van der Waals surface area contributed by atoms with Crippen molar-refractivity contribution in [2.45, 2.75) is 13.1 Å². The van der Waals surface area contributed by atoms with E-state index in [2.05, 4.69) is 0 Å². The van der Waals surface area contributed by atoms with Gasteiger partial charge in [0.05, 0.1) is 4.92 Å². The molecule has 0 fully saturated rings. The molecular weight excluding hydrogens is 306 g/mol. The summed E-state index contributed by atoms with van der Waals surface area (Å²) in [5, 5.41) is 10.6. The fourth-order valence-electron chi connectivity index (χ4n) is 2.45. The molecule has 0 aliphatic rings. The van der Waals surface area contributed by atoms with Gasteiger partial charge in [0.15, 0.2) is 6.54 Å². The zero-order chi connectivity index (χ0) is 16.9. The number of benzene rings is 2. The average Bonchev–Trinajstić information content (AvgIpc) is 3.02.